The summed E-state index contributed by atoms with van der Waals surface area (Å²) in [6.07, 6.45) is 1.52. The Morgan fingerprint density at radius 3 is 2.70 bits per heavy atom. The van der Waals surface area contributed by atoms with E-state index < -0.39 is 10.3 Å². The van der Waals surface area contributed by atoms with Gasteiger partial charge in [-0.15, -0.1) is 0 Å². The zero-order chi connectivity index (χ0) is 14.6. The molecule has 0 unspecified atom stereocenters. The zero-order valence-corrected chi connectivity index (χ0v) is 12.2. The predicted molar refractivity (Wildman–Crippen MR) is 79.6 cm³/mol. The van der Waals surface area contributed by atoms with Crippen molar-refractivity contribution in [2.45, 2.75) is 4.52 Å². The van der Waals surface area contributed by atoms with Gasteiger partial charge in [-0.2, -0.15) is 0 Å². The van der Waals surface area contributed by atoms with E-state index in [0.717, 1.165) is 5.69 Å². The van der Waals surface area contributed by atoms with Crippen LogP contribution in [0.5, 0.6) is 5.88 Å². The number of hydrogen-bond acceptors (Lipinski definition) is 4. The van der Waals surface area contributed by atoms with Gasteiger partial charge in [-0.05, 0) is 41.4 Å². The summed E-state index contributed by atoms with van der Waals surface area (Å²) in [5.74, 6) is -0.376. The van der Waals surface area contributed by atoms with Gasteiger partial charge in [0.15, 0.2) is 0 Å². The number of rotatable bonds is 5. The van der Waals surface area contributed by atoms with Gasteiger partial charge < -0.3 is 10.1 Å². The monoisotopic (exact) mass is 310 g/mol. The van der Waals surface area contributed by atoms with Gasteiger partial charge in [0.2, 0.25) is 11.7 Å². The number of alkyl halides is 2. The number of carbonyl (C=O) groups excluding carboxylic acids is 1. The smallest absolute Gasteiger partial charge is 0.324 e. The first-order valence-electron chi connectivity index (χ1n) is 5.83. The largest absolute Gasteiger partial charge is 0.433 e. The van der Waals surface area contributed by atoms with Crippen LogP contribution in [0.1, 0.15) is 10.4 Å². The third-order valence-corrected chi connectivity index (χ3v) is 3.05. The van der Waals surface area contributed by atoms with Crippen LogP contribution in [-0.2, 0) is 0 Å². The highest BCUT2D eigenvalue weighted by molar-refractivity contribution is 6.58. The van der Waals surface area contributed by atoms with E-state index in [-0.39, 0.29) is 5.88 Å². The normalized spacial score (nSPS) is 10.9. The molecular weight excluding hydrogens is 299 g/mol. The first kappa shape index (κ1) is 14.6. The highest BCUT2D eigenvalue weighted by Gasteiger charge is 2.37. The molecule has 104 valence electrons. The molecule has 4 nitrogen and oxygen atoms in total. The van der Waals surface area contributed by atoms with Gasteiger partial charge >= 0.3 is 4.52 Å². The molecule has 6 heteroatoms. The number of halogens is 2. The lowest BCUT2D eigenvalue weighted by Gasteiger charge is -2.19. The van der Waals surface area contributed by atoms with E-state index in [1.165, 1.54) is 6.20 Å². The molecule has 0 aliphatic carbocycles. The Kier molecular flexibility index (Phi) is 4.47. The summed E-state index contributed by atoms with van der Waals surface area (Å²) in [5, 5.41) is 2.93. The van der Waals surface area contributed by atoms with E-state index in [1.807, 2.05) is 6.07 Å². The predicted octanol–water partition coefficient (Wildman–Crippen LogP) is 3.52. The van der Waals surface area contributed by atoms with E-state index in [2.05, 4.69) is 10.3 Å². The molecule has 2 aromatic rings. The van der Waals surface area contributed by atoms with Gasteiger partial charge in [-0.1, -0.05) is 18.2 Å². The number of aromatic nitrogens is 1. The minimum absolute atomic E-state index is 0.177. The highest BCUT2D eigenvalue weighted by atomic mass is 35.5. The topological polar surface area (TPSA) is 51.2 Å². The lowest BCUT2D eigenvalue weighted by Crippen LogP contribution is -2.33. The quantitative estimate of drug-likeness (QED) is 0.678. The van der Waals surface area contributed by atoms with Crippen LogP contribution in [0.3, 0.4) is 0 Å². The van der Waals surface area contributed by atoms with E-state index in [4.69, 9.17) is 27.9 Å². The van der Waals surface area contributed by atoms with E-state index in [9.17, 15) is 4.79 Å². The van der Waals surface area contributed by atoms with Crippen molar-refractivity contribution < 1.29 is 9.53 Å². The molecule has 0 saturated carbocycles. The zero-order valence-electron chi connectivity index (χ0n) is 10.6. The lowest BCUT2D eigenvalue weighted by molar-refractivity contribution is 0.0833. The van der Waals surface area contributed by atoms with E-state index in [1.54, 1.807) is 43.4 Å². The molecule has 1 aromatic carbocycles. The van der Waals surface area contributed by atoms with Crippen LogP contribution >= 0.6 is 23.2 Å². The Hall–Kier alpha value is -1.78. The number of ether oxygens (including phenoxy) is 1. The molecule has 0 aliphatic rings. The molecule has 0 spiro atoms. The Labute approximate surface area is 126 Å². The van der Waals surface area contributed by atoms with Crippen LogP contribution in [0.4, 0.5) is 5.69 Å². The van der Waals surface area contributed by atoms with Gasteiger partial charge in [0.25, 0.3) is 0 Å². The minimum Gasteiger partial charge on any atom is -0.433 e. The average Bonchev–Trinajstić information content (AvgIpc) is 2.47. The van der Waals surface area contributed by atoms with E-state index >= 15 is 0 Å². The third-order valence-electron chi connectivity index (χ3n) is 2.55. The first-order valence-corrected chi connectivity index (χ1v) is 6.59. The number of hydrogen-bond donors (Lipinski definition) is 1. The van der Waals surface area contributed by atoms with Crippen LogP contribution in [0.25, 0.3) is 0 Å². The van der Waals surface area contributed by atoms with Gasteiger partial charge in [0, 0.05) is 30.6 Å². The van der Waals surface area contributed by atoms with Crippen LogP contribution in [0.15, 0.2) is 48.7 Å². The number of Topliss-reactive ketones (excluding diaryl/α,β-unsaturated/α-hetero) is 1. The van der Waals surface area contributed by atoms with Crippen molar-refractivity contribution in [3.8, 4) is 5.88 Å². The van der Waals surface area contributed by atoms with Crippen LogP contribution in [0.2, 0.25) is 0 Å². The lowest BCUT2D eigenvalue weighted by atomic mass is 10.1. The molecule has 0 atom stereocenters. The number of nitrogens with one attached hydrogen (secondary N) is 1. The number of ketones is 1. The average molecular weight is 311 g/mol. The maximum Gasteiger partial charge on any atom is 0.324 e. The molecular formula is C14H12Cl2N2O2. The van der Waals surface area contributed by atoms with Crippen molar-refractivity contribution in [1.29, 1.82) is 0 Å². The molecule has 0 radical (unpaired) electrons. The Balaban J connectivity index is 2.22. The fourth-order valence-corrected chi connectivity index (χ4v) is 1.95. The Morgan fingerprint density at radius 1 is 1.25 bits per heavy atom. The van der Waals surface area contributed by atoms with Crippen molar-refractivity contribution in [2.24, 2.45) is 0 Å². The Bertz CT molecular complexity index is 603. The molecule has 20 heavy (non-hydrogen) atoms. The maximum atomic E-state index is 12.3. The summed E-state index contributed by atoms with van der Waals surface area (Å²) in [6, 6.07) is 11.8. The molecule has 0 bridgehead atoms. The first-order chi connectivity index (χ1) is 9.53. The molecule has 0 fully saturated rings. The van der Waals surface area contributed by atoms with Crippen LogP contribution in [-0.4, -0.2) is 22.3 Å². The fraction of sp³-hybridized carbons (Fsp3) is 0.143. The van der Waals surface area contributed by atoms with Crippen LogP contribution in [0, 0.1) is 0 Å². The van der Waals surface area contributed by atoms with Crippen molar-refractivity contribution in [1.82, 2.24) is 4.98 Å². The molecule has 0 amide bonds. The van der Waals surface area contributed by atoms with Crippen molar-refractivity contribution in [2.75, 3.05) is 12.4 Å². The summed E-state index contributed by atoms with van der Waals surface area (Å²) < 4.78 is 3.21. The highest BCUT2D eigenvalue weighted by Crippen LogP contribution is 2.29. The molecule has 0 saturated heterocycles. The minimum atomic E-state index is -2.03. The summed E-state index contributed by atoms with van der Waals surface area (Å²) in [7, 11) is 1.75. The maximum absolute atomic E-state index is 12.3. The Morgan fingerprint density at radius 2 is 2.05 bits per heavy atom. The summed E-state index contributed by atoms with van der Waals surface area (Å²) in [4.78, 5) is 16.2. The number of pyridine rings is 1. The third kappa shape index (κ3) is 3.40. The fourth-order valence-electron chi connectivity index (χ4n) is 1.57. The van der Waals surface area contributed by atoms with Gasteiger partial charge in [0.1, 0.15) is 0 Å². The van der Waals surface area contributed by atoms with Gasteiger partial charge in [0.05, 0.1) is 0 Å². The number of carbonyl (C=O) groups is 1. The van der Waals surface area contributed by atoms with Crippen molar-refractivity contribution in [3.05, 3.63) is 54.2 Å². The van der Waals surface area contributed by atoms with Gasteiger partial charge in [-0.3, -0.25) is 4.79 Å². The standard InChI is InChI=1S/C14H12Cl2N2O2/c1-17-11-6-4-5-10(9-11)13(19)14(15,16)20-12-7-2-3-8-18-12/h2-9,17H,1H3. The summed E-state index contributed by atoms with van der Waals surface area (Å²) in [6.45, 7) is 0. The molecule has 0 aliphatic heterocycles. The molecule has 2 rings (SSSR count). The SMILES string of the molecule is CNc1cccc(C(=O)C(Cl)(Cl)Oc2ccccn2)c1. The molecule has 1 N–H and O–H groups in total. The molecule has 1 heterocycles. The number of benzene rings is 1. The van der Waals surface area contributed by atoms with Crippen LogP contribution < -0.4 is 10.1 Å². The van der Waals surface area contributed by atoms with Gasteiger partial charge in [-0.25, -0.2) is 4.98 Å². The van der Waals surface area contributed by atoms with Crippen molar-refractivity contribution >= 4 is 34.7 Å². The summed E-state index contributed by atoms with van der Waals surface area (Å²) >= 11 is 12.0. The van der Waals surface area contributed by atoms with Crippen molar-refractivity contribution in [3.63, 3.8) is 0 Å². The van der Waals surface area contributed by atoms with E-state index in [0.29, 0.717) is 5.56 Å². The second-order valence-corrected chi connectivity index (χ2v) is 5.20. The number of anilines is 1. The molecule has 1 aromatic heterocycles. The number of nitrogens with zero attached hydrogens (tertiary/aromatic N) is 1. The summed E-state index contributed by atoms with van der Waals surface area (Å²) in [5.41, 5.74) is 1.12. The second-order valence-electron chi connectivity index (χ2n) is 3.95. The second kappa shape index (κ2) is 6.11.